The van der Waals surface area contributed by atoms with Gasteiger partial charge in [-0.2, -0.15) is 0 Å². The van der Waals surface area contributed by atoms with E-state index in [2.05, 4.69) is 47.9 Å². The van der Waals surface area contributed by atoms with E-state index in [1.165, 1.54) is 57.5 Å². The molecule has 1 aromatic carbocycles. The minimum Gasteiger partial charge on any atom is -0.497 e. The molecular weight excluding hydrogens is 284 g/mol. The summed E-state index contributed by atoms with van der Waals surface area (Å²) < 4.78 is 5.25. The highest BCUT2D eigenvalue weighted by Crippen LogP contribution is 2.39. The molecule has 0 aliphatic carbocycles. The molecule has 2 saturated heterocycles. The first-order valence-electron chi connectivity index (χ1n) is 9.16. The van der Waals surface area contributed by atoms with Crippen LogP contribution in [0.3, 0.4) is 0 Å². The van der Waals surface area contributed by atoms with Crippen molar-refractivity contribution in [2.45, 2.75) is 39.7 Å². The molecule has 1 unspecified atom stereocenters. The van der Waals surface area contributed by atoms with Crippen molar-refractivity contribution in [1.82, 2.24) is 9.80 Å². The van der Waals surface area contributed by atoms with Crippen LogP contribution >= 0.6 is 0 Å². The Morgan fingerprint density at radius 2 is 1.78 bits per heavy atom. The summed E-state index contributed by atoms with van der Waals surface area (Å²) in [5.74, 6) is 1.73. The summed E-state index contributed by atoms with van der Waals surface area (Å²) >= 11 is 0. The number of likely N-dealkylation sites (tertiary alicyclic amines) is 2. The van der Waals surface area contributed by atoms with Gasteiger partial charge in [-0.25, -0.2) is 0 Å². The SMILES string of the molecule is COc1ccc(CN2CCC3(CCCN(CC(C)C)C3)C2)cc1. The number of methoxy groups -OCH3 is 1. The fourth-order valence-electron chi connectivity index (χ4n) is 4.47. The molecule has 1 atom stereocenters. The van der Waals surface area contributed by atoms with E-state index in [9.17, 15) is 0 Å². The number of benzene rings is 1. The average Bonchev–Trinajstić information content (AvgIpc) is 2.89. The second-order valence-electron chi connectivity index (χ2n) is 8.04. The monoisotopic (exact) mass is 316 g/mol. The summed E-state index contributed by atoms with van der Waals surface area (Å²) in [5.41, 5.74) is 1.96. The number of ether oxygens (including phenoxy) is 1. The van der Waals surface area contributed by atoms with E-state index in [-0.39, 0.29) is 0 Å². The quantitative estimate of drug-likeness (QED) is 0.825. The Hall–Kier alpha value is -1.06. The van der Waals surface area contributed by atoms with Gasteiger partial charge < -0.3 is 9.64 Å². The highest BCUT2D eigenvalue weighted by molar-refractivity contribution is 5.27. The molecule has 1 aromatic rings. The third kappa shape index (κ3) is 4.27. The van der Waals surface area contributed by atoms with Crippen molar-refractivity contribution in [1.29, 1.82) is 0 Å². The lowest BCUT2D eigenvalue weighted by Crippen LogP contribution is -2.45. The molecular formula is C20H32N2O. The van der Waals surface area contributed by atoms with E-state index in [1.807, 2.05) is 0 Å². The first kappa shape index (κ1) is 16.8. The normalized spacial score (nSPS) is 26.3. The maximum absolute atomic E-state index is 5.25. The molecule has 3 rings (SSSR count). The molecule has 23 heavy (non-hydrogen) atoms. The van der Waals surface area contributed by atoms with Gasteiger partial charge in [0.2, 0.25) is 0 Å². The van der Waals surface area contributed by atoms with Crippen molar-refractivity contribution in [2.24, 2.45) is 11.3 Å². The molecule has 128 valence electrons. The van der Waals surface area contributed by atoms with Gasteiger partial charge in [-0.15, -0.1) is 0 Å². The largest absolute Gasteiger partial charge is 0.497 e. The highest BCUT2D eigenvalue weighted by atomic mass is 16.5. The Kier molecular flexibility index (Phi) is 5.27. The van der Waals surface area contributed by atoms with E-state index in [0.717, 1.165) is 18.2 Å². The van der Waals surface area contributed by atoms with E-state index in [0.29, 0.717) is 5.41 Å². The van der Waals surface area contributed by atoms with Gasteiger partial charge in [0.25, 0.3) is 0 Å². The molecule has 0 N–H and O–H groups in total. The van der Waals surface area contributed by atoms with Crippen LogP contribution in [0.25, 0.3) is 0 Å². The molecule has 3 nitrogen and oxygen atoms in total. The molecule has 1 spiro atoms. The molecule has 0 amide bonds. The van der Waals surface area contributed by atoms with Crippen LogP contribution in [-0.4, -0.2) is 49.6 Å². The minimum absolute atomic E-state index is 0.555. The van der Waals surface area contributed by atoms with Crippen molar-refractivity contribution in [3.05, 3.63) is 29.8 Å². The summed E-state index contributed by atoms with van der Waals surface area (Å²) in [4.78, 5) is 5.37. The molecule has 2 aliphatic rings. The van der Waals surface area contributed by atoms with Crippen molar-refractivity contribution >= 4 is 0 Å². The first-order chi connectivity index (χ1) is 11.1. The Balaban J connectivity index is 1.56. The number of hydrogen-bond acceptors (Lipinski definition) is 3. The molecule has 0 saturated carbocycles. The lowest BCUT2D eigenvalue weighted by Gasteiger charge is -2.41. The van der Waals surface area contributed by atoms with E-state index >= 15 is 0 Å². The molecule has 3 heteroatoms. The second-order valence-corrected chi connectivity index (χ2v) is 8.04. The first-order valence-corrected chi connectivity index (χ1v) is 9.16. The Morgan fingerprint density at radius 3 is 2.48 bits per heavy atom. The standard InChI is InChI=1S/C20H32N2O/c1-17(2)13-21-11-4-9-20(15-21)10-12-22(16-20)14-18-5-7-19(23-3)8-6-18/h5-8,17H,4,9-16H2,1-3H3. The van der Waals surface area contributed by atoms with Gasteiger partial charge in [0.1, 0.15) is 5.75 Å². The zero-order valence-electron chi connectivity index (χ0n) is 15.1. The van der Waals surface area contributed by atoms with Crippen LogP contribution in [-0.2, 0) is 6.54 Å². The minimum atomic E-state index is 0.555. The van der Waals surface area contributed by atoms with Crippen LogP contribution in [0.1, 0.15) is 38.7 Å². The van der Waals surface area contributed by atoms with E-state index in [4.69, 9.17) is 4.74 Å². The summed E-state index contributed by atoms with van der Waals surface area (Å²) in [5, 5.41) is 0. The van der Waals surface area contributed by atoms with Gasteiger partial charge in [-0.3, -0.25) is 4.90 Å². The number of piperidine rings is 1. The number of nitrogens with zero attached hydrogens (tertiary/aromatic N) is 2. The predicted octanol–water partition coefficient (Wildman–Crippen LogP) is 3.64. The summed E-state index contributed by atoms with van der Waals surface area (Å²) in [6, 6.07) is 8.56. The molecule has 2 aliphatic heterocycles. The number of rotatable bonds is 5. The lowest BCUT2D eigenvalue weighted by atomic mass is 9.79. The Morgan fingerprint density at radius 1 is 1.04 bits per heavy atom. The van der Waals surface area contributed by atoms with Gasteiger partial charge in [0, 0.05) is 26.2 Å². The van der Waals surface area contributed by atoms with Crippen molar-refractivity contribution in [3.8, 4) is 5.75 Å². The lowest BCUT2D eigenvalue weighted by molar-refractivity contribution is 0.0833. The third-order valence-corrected chi connectivity index (χ3v) is 5.45. The average molecular weight is 316 g/mol. The van der Waals surface area contributed by atoms with Crippen LogP contribution in [0, 0.1) is 11.3 Å². The van der Waals surface area contributed by atoms with Crippen molar-refractivity contribution in [2.75, 3.05) is 39.8 Å². The smallest absolute Gasteiger partial charge is 0.118 e. The maximum Gasteiger partial charge on any atom is 0.118 e. The van der Waals surface area contributed by atoms with Gasteiger partial charge in [-0.1, -0.05) is 26.0 Å². The highest BCUT2D eigenvalue weighted by Gasteiger charge is 2.41. The topological polar surface area (TPSA) is 15.7 Å². The van der Waals surface area contributed by atoms with Crippen LogP contribution in [0.15, 0.2) is 24.3 Å². The van der Waals surface area contributed by atoms with Crippen LogP contribution in [0.5, 0.6) is 5.75 Å². The van der Waals surface area contributed by atoms with Gasteiger partial charge in [0.15, 0.2) is 0 Å². The van der Waals surface area contributed by atoms with Crippen LogP contribution < -0.4 is 4.74 Å². The predicted molar refractivity (Wildman–Crippen MR) is 95.8 cm³/mol. The molecule has 2 fully saturated rings. The molecule has 2 heterocycles. The summed E-state index contributed by atoms with van der Waals surface area (Å²) in [6.07, 6.45) is 4.17. The van der Waals surface area contributed by atoms with Gasteiger partial charge in [0.05, 0.1) is 7.11 Å². The van der Waals surface area contributed by atoms with E-state index in [1.54, 1.807) is 7.11 Å². The van der Waals surface area contributed by atoms with Crippen LogP contribution in [0.2, 0.25) is 0 Å². The van der Waals surface area contributed by atoms with Crippen molar-refractivity contribution < 1.29 is 4.74 Å². The summed E-state index contributed by atoms with van der Waals surface area (Å²) in [7, 11) is 1.73. The van der Waals surface area contributed by atoms with Crippen LogP contribution in [0.4, 0.5) is 0 Å². The fourth-order valence-corrected chi connectivity index (χ4v) is 4.47. The molecule has 0 bridgehead atoms. The Bertz CT molecular complexity index is 499. The van der Waals surface area contributed by atoms with Gasteiger partial charge >= 0.3 is 0 Å². The zero-order valence-corrected chi connectivity index (χ0v) is 15.1. The van der Waals surface area contributed by atoms with Gasteiger partial charge in [-0.05, 0) is 61.4 Å². The maximum atomic E-state index is 5.25. The molecule has 0 aromatic heterocycles. The van der Waals surface area contributed by atoms with E-state index < -0.39 is 0 Å². The van der Waals surface area contributed by atoms with Crippen molar-refractivity contribution in [3.63, 3.8) is 0 Å². The number of hydrogen-bond donors (Lipinski definition) is 0. The Labute approximate surface area is 141 Å². The summed E-state index contributed by atoms with van der Waals surface area (Å²) in [6.45, 7) is 12.2. The molecule has 0 radical (unpaired) electrons. The zero-order chi connectivity index (χ0) is 16.3. The fraction of sp³-hybridized carbons (Fsp3) is 0.700. The third-order valence-electron chi connectivity index (χ3n) is 5.45. The second kappa shape index (κ2) is 7.23.